The third kappa shape index (κ3) is 2.68. The first kappa shape index (κ1) is 13.4. The third-order valence-corrected chi connectivity index (χ3v) is 5.35. The van der Waals surface area contributed by atoms with Gasteiger partial charge >= 0.3 is 0 Å². The third-order valence-electron chi connectivity index (χ3n) is 4.72. The van der Waals surface area contributed by atoms with Crippen LogP contribution in [0.3, 0.4) is 0 Å². The molecule has 2 nitrogen and oxygen atoms in total. The molecule has 2 N–H and O–H groups in total. The van der Waals surface area contributed by atoms with Gasteiger partial charge in [0.05, 0.1) is 5.69 Å². The minimum absolute atomic E-state index is 0.0804. The number of benzene rings is 1. The van der Waals surface area contributed by atoms with Crippen molar-refractivity contribution in [3.63, 3.8) is 0 Å². The lowest BCUT2D eigenvalue weighted by Gasteiger charge is -2.31. The second-order valence-corrected chi connectivity index (χ2v) is 6.93. The number of nitrogens with zero attached hydrogens (tertiary/aromatic N) is 1. The van der Waals surface area contributed by atoms with Crippen molar-refractivity contribution in [3.05, 3.63) is 28.2 Å². The van der Waals surface area contributed by atoms with Crippen molar-refractivity contribution in [2.45, 2.75) is 50.5 Å². The van der Waals surface area contributed by atoms with Gasteiger partial charge in [-0.1, -0.05) is 18.9 Å². The van der Waals surface area contributed by atoms with E-state index in [0.717, 1.165) is 12.8 Å². The molecule has 0 amide bonds. The Morgan fingerprint density at radius 2 is 1.68 bits per heavy atom. The molecular formula is C16H23BrN2. The van der Waals surface area contributed by atoms with Gasteiger partial charge < -0.3 is 10.6 Å². The lowest BCUT2D eigenvalue weighted by molar-refractivity contribution is 0.461. The van der Waals surface area contributed by atoms with Crippen LogP contribution in [0.2, 0.25) is 0 Å². The van der Waals surface area contributed by atoms with Gasteiger partial charge in [-0.3, -0.25) is 0 Å². The van der Waals surface area contributed by atoms with Crippen molar-refractivity contribution in [3.8, 4) is 0 Å². The number of piperidine rings is 1. The molecule has 2 aliphatic rings. The first-order chi connectivity index (χ1) is 9.19. The highest BCUT2D eigenvalue weighted by molar-refractivity contribution is 9.10. The maximum Gasteiger partial charge on any atom is 0.0510 e. The van der Waals surface area contributed by atoms with E-state index < -0.39 is 0 Å². The summed E-state index contributed by atoms with van der Waals surface area (Å²) >= 11 is 3.76. The van der Waals surface area contributed by atoms with E-state index in [9.17, 15) is 0 Å². The number of anilines is 1. The fourth-order valence-corrected chi connectivity index (χ4v) is 4.13. The Morgan fingerprint density at radius 1 is 1.00 bits per heavy atom. The molecule has 1 aliphatic heterocycles. The summed E-state index contributed by atoms with van der Waals surface area (Å²) in [5, 5.41) is 0. The largest absolute Gasteiger partial charge is 0.371 e. The lowest BCUT2D eigenvalue weighted by atomic mass is 9.89. The van der Waals surface area contributed by atoms with E-state index in [2.05, 4.69) is 39.0 Å². The molecule has 0 bridgehead atoms. The molecule has 1 aromatic carbocycles. The number of hydrogen-bond donors (Lipinski definition) is 1. The van der Waals surface area contributed by atoms with E-state index in [4.69, 9.17) is 5.73 Å². The van der Waals surface area contributed by atoms with Crippen molar-refractivity contribution in [2.24, 2.45) is 5.73 Å². The van der Waals surface area contributed by atoms with Gasteiger partial charge in [-0.05, 0) is 65.7 Å². The van der Waals surface area contributed by atoms with Crippen LogP contribution in [0.5, 0.6) is 0 Å². The van der Waals surface area contributed by atoms with Crippen LogP contribution in [-0.4, -0.2) is 13.1 Å². The smallest absolute Gasteiger partial charge is 0.0510 e. The van der Waals surface area contributed by atoms with Gasteiger partial charge in [0, 0.05) is 23.1 Å². The Kier molecular flexibility index (Phi) is 3.86. The minimum Gasteiger partial charge on any atom is -0.371 e. The second kappa shape index (κ2) is 5.45. The quantitative estimate of drug-likeness (QED) is 0.885. The number of hydrogen-bond acceptors (Lipinski definition) is 2. The zero-order valence-corrected chi connectivity index (χ0v) is 13.1. The van der Waals surface area contributed by atoms with Crippen molar-refractivity contribution in [1.29, 1.82) is 0 Å². The second-order valence-electron chi connectivity index (χ2n) is 6.08. The van der Waals surface area contributed by atoms with Crippen LogP contribution >= 0.6 is 15.9 Å². The Labute approximate surface area is 124 Å². The maximum atomic E-state index is 6.54. The monoisotopic (exact) mass is 322 g/mol. The fourth-order valence-electron chi connectivity index (χ4n) is 3.50. The van der Waals surface area contributed by atoms with Crippen LogP contribution in [0.1, 0.15) is 50.5 Å². The summed E-state index contributed by atoms with van der Waals surface area (Å²) in [6.07, 6.45) is 8.79. The molecular weight excluding hydrogens is 300 g/mol. The molecule has 2 fully saturated rings. The molecule has 1 heterocycles. The molecule has 0 spiro atoms. The lowest BCUT2D eigenvalue weighted by Crippen LogP contribution is -2.33. The first-order valence-corrected chi connectivity index (χ1v) is 8.32. The van der Waals surface area contributed by atoms with Gasteiger partial charge in [0.25, 0.3) is 0 Å². The summed E-state index contributed by atoms with van der Waals surface area (Å²) in [4.78, 5) is 2.50. The molecule has 104 valence electrons. The number of halogens is 1. The summed E-state index contributed by atoms with van der Waals surface area (Å²) < 4.78 is 1.21. The number of nitrogens with two attached hydrogens (primary N) is 1. The maximum absolute atomic E-state index is 6.54. The standard InChI is InChI=1S/C16H23BrN2/c17-14-12-13(16(18)8-2-3-9-16)6-7-15(14)19-10-4-1-5-11-19/h6-7,12H,1-5,8-11,18H2. The highest BCUT2D eigenvalue weighted by Gasteiger charge is 2.31. The average molecular weight is 323 g/mol. The van der Waals surface area contributed by atoms with Crippen LogP contribution in [0.4, 0.5) is 5.69 Å². The zero-order valence-electron chi connectivity index (χ0n) is 11.5. The van der Waals surface area contributed by atoms with Gasteiger partial charge in [0.2, 0.25) is 0 Å². The van der Waals surface area contributed by atoms with Crippen molar-refractivity contribution < 1.29 is 0 Å². The SMILES string of the molecule is NC1(c2ccc(N3CCCCC3)c(Br)c2)CCCC1. The molecule has 1 saturated heterocycles. The summed E-state index contributed by atoms with van der Waals surface area (Å²) in [6.45, 7) is 2.37. The summed E-state index contributed by atoms with van der Waals surface area (Å²) in [7, 11) is 0. The fraction of sp³-hybridized carbons (Fsp3) is 0.625. The van der Waals surface area contributed by atoms with Gasteiger partial charge in [0.1, 0.15) is 0 Å². The molecule has 3 heteroatoms. The van der Waals surface area contributed by atoms with Crippen molar-refractivity contribution >= 4 is 21.6 Å². The predicted octanol–water partition coefficient (Wildman–Crippen LogP) is 4.17. The van der Waals surface area contributed by atoms with Gasteiger partial charge in [-0.2, -0.15) is 0 Å². The van der Waals surface area contributed by atoms with Crippen molar-refractivity contribution in [2.75, 3.05) is 18.0 Å². The Hall–Kier alpha value is -0.540. The highest BCUT2D eigenvalue weighted by atomic mass is 79.9. The first-order valence-electron chi connectivity index (χ1n) is 7.53. The van der Waals surface area contributed by atoms with Crippen LogP contribution in [0.15, 0.2) is 22.7 Å². The van der Waals surface area contributed by atoms with Gasteiger partial charge in [0.15, 0.2) is 0 Å². The molecule has 19 heavy (non-hydrogen) atoms. The van der Waals surface area contributed by atoms with Gasteiger partial charge in [-0.15, -0.1) is 0 Å². The van der Waals surface area contributed by atoms with Crippen LogP contribution < -0.4 is 10.6 Å². The van der Waals surface area contributed by atoms with Crippen molar-refractivity contribution in [1.82, 2.24) is 0 Å². The summed E-state index contributed by atoms with van der Waals surface area (Å²) in [5.74, 6) is 0. The van der Waals surface area contributed by atoms with Crippen LogP contribution in [-0.2, 0) is 5.54 Å². The Morgan fingerprint density at radius 3 is 2.32 bits per heavy atom. The van der Waals surface area contributed by atoms with E-state index in [0.29, 0.717) is 0 Å². The van der Waals surface area contributed by atoms with E-state index in [1.165, 1.54) is 60.9 Å². The zero-order chi connectivity index (χ0) is 13.3. The molecule has 1 aliphatic carbocycles. The molecule has 3 rings (SSSR count). The number of rotatable bonds is 2. The predicted molar refractivity (Wildman–Crippen MR) is 84.5 cm³/mol. The van der Waals surface area contributed by atoms with Crippen LogP contribution in [0.25, 0.3) is 0 Å². The normalized spacial score (nSPS) is 22.7. The van der Waals surface area contributed by atoms with Gasteiger partial charge in [-0.25, -0.2) is 0 Å². The topological polar surface area (TPSA) is 29.3 Å². The highest BCUT2D eigenvalue weighted by Crippen LogP contribution is 2.39. The Bertz CT molecular complexity index is 446. The Balaban J connectivity index is 1.85. The van der Waals surface area contributed by atoms with Crippen LogP contribution in [0, 0.1) is 0 Å². The average Bonchev–Trinajstić information content (AvgIpc) is 2.88. The summed E-state index contributed by atoms with van der Waals surface area (Å²) in [5.41, 5.74) is 9.10. The minimum atomic E-state index is -0.0804. The molecule has 0 unspecified atom stereocenters. The summed E-state index contributed by atoms with van der Waals surface area (Å²) in [6, 6.07) is 6.77. The molecule has 0 atom stereocenters. The van der Waals surface area contributed by atoms with E-state index in [1.54, 1.807) is 0 Å². The molecule has 0 aromatic heterocycles. The van der Waals surface area contributed by atoms with E-state index >= 15 is 0 Å². The van der Waals surface area contributed by atoms with E-state index in [1.807, 2.05) is 0 Å². The molecule has 0 radical (unpaired) electrons. The van der Waals surface area contributed by atoms with E-state index in [-0.39, 0.29) is 5.54 Å². The molecule has 1 saturated carbocycles. The molecule has 1 aromatic rings.